The van der Waals surface area contributed by atoms with E-state index >= 15 is 0 Å². The quantitative estimate of drug-likeness (QED) is 0.191. The molecule has 5 rings (SSSR count). The molecule has 0 fully saturated rings. The van der Waals surface area contributed by atoms with E-state index in [9.17, 15) is 9.59 Å². The van der Waals surface area contributed by atoms with Crippen LogP contribution in [0.4, 0.5) is 0 Å². The van der Waals surface area contributed by atoms with Crippen molar-refractivity contribution in [2.45, 2.75) is 25.2 Å². The molecule has 0 spiro atoms. The third-order valence-electron chi connectivity index (χ3n) is 6.15. The standard InChI is InChI=1S/C31H27N3O2S/c1-23-16-18-26(19-17-23)34-30(36)27-14-8-9-15-28(27)32-31(34)37-22-29(35)33(20-24-10-4-2-5-11-24)21-25-12-6-3-7-13-25/h2-19H,20-22H2,1H3. The summed E-state index contributed by atoms with van der Waals surface area (Å²) in [5.74, 6) is 0.145. The van der Waals surface area contributed by atoms with Crippen molar-refractivity contribution in [2.75, 3.05) is 5.75 Å². The van der Waals surface area contributed by atoms with Crippen LogP contribution in [-0.2, 0) is 17.9 Å². The van der Waals surface area contributed by atoms with Crippen LogP contribution in [0.5, 0.6) is 0 Å². The van der Waals surface area contributed by atoms with Crippen LogP contribution >= 0.6 is 11.8 Å². The number of nitrogens with zero attached hydrogens (tertiary/aromatic N) is 3. The third kappa shape index (κ3) is 5.81. The number of thioether (sulfide) groups is 1. The van der Waals surface area contributed by atoms with E-state index in [4.69, 9.17) is 4.98 Å². The normalized spacial score (nSPS) is 10.9. The number of carbonyl (C=O) groups excluding carboxylic acids is 1. The minimum atomic E-state index is -0.144. The zero-order chi connectivity index (χ0) is 25.6. The van der Waals surface area contributed by atoms with Crippen molar-refractivity contribution in [1.29, 1.82) is 0 Å². The van der Waals surface area contributed by atoms with E-state index in [2.05, 4.69) is 0 Å². The first kappa shape index (κ1) is 24.5. The molecule has 0 bridgehead atoms. The number of amides is 1. The van der Waals surface area contributed by atoms with Crippen LogP contribution in [0, 0.1) is 6.92 Å². The van der Waals surface area contributed by atoms with E-state index in [1.165, 1.54) is 11.8 Å². The van der Waals surface area contributed by atoms with E-state index in [0.29, 0.717) is 29.1 Å². The summed E-state index contributed by atoms with van der Waals surface area (Å²) in [6.45, 7) is 3.02. The molecule has 5 aromatic rings. The Morgan fingerprint density at radius 3 is 1.97 bits per heavy atom. The molecule has 0 aliphatic rings. The summed E-state index contributed by atoms with van der Waals surface area (Å²) in [5.41, 5.74) is 4.45. The number of hydrogen-bond acceptors (Lipinski definition) is 4. The number of hydrogen-bond donors (Lipinski definition) is 0. The number of carbonyl (C=O) groups is 1. The molecule has 0 atom stereocenters. The van der Waals surface area contributed by atoms with Gasteiger partial charge in [0.25, 0.3) is 5.56 Å². The van der Waals surface area contributed by atoms with Gasteiger partial charge in [0.1, 0.15) is 0 Å². The van der Waals surface area contributed by atoms with Gasteiger partial charge in [-0.25, -0.2) is 4.98 Å². The summed E-state index contributed by atoms with van der Waals surface area (Å²) in [6, 6.07) is 35.1. The molecule has 0 radical (unpaired) electrons. The van der Waals surface area contributed by atoms with E-state index in [1.54, 1.807) is 10.6 Å². The molecule has 5 nitrogen and oxygen atoms in total. The Balaban J connectivity index is 1.46. The Morgan fingerprint density at radius 1 is 0.784 bits per heavy atom. The van der Waals surface area contributed by atoms with Gasteiger partial charge in [-0.1, -0.05) is 102 Å². The Labute approximate surface area is 220 Å². The third-order valence-corrected chi connectivity index (χ3v) is 7.07. The van der Waals surface area contributed by atoms with E-state index in [-0.39, 0.29) is 17.2 Å². The van der Waals surface area contributed by atoms with Crippen molar-refractivity contribution in [2.24, 2.45) is 0 Å². The van der Waals surface area contributed by atoms with Gasteiger partial charge in [-0.2, -0.15) is 0 Å². The average Bonchev–Trinajstić information content (AvgIpc) is 2.93. The molecule has 0 unspecified atom stereocenters. The average molecular weight is 506 g/mol. The molecule has 0 saturated carbocycles. The van der Waals surface area contributed by atoms with E-state index in [1.807, 2.05) is 115 Å². The van der Waals surface area contributed by atoms with Gasteiger partial charge in [-0.15, -0.1) is 0 Å². The fraction of sp³-hybridized carbons (Fsp3) is 0.129. The zero-order valence-corrected chi connectivity index (χ0v) is 21.4. The van der Waals surface area contributed by atoms with Crippen LogP contribution in [0.1, 0.15) is 16.7 Å². The fourth-order valence-electron chi connectivity index (χ4n) is 4.19. The lowest BCUT2D eigenvalue weighted by Crippen LogP contribution is -2.32. The van der Waals surface area contributed by atoms with Crippen molar-refractivity contribution in [3.05, 3.63) is 136 Å². The van der Waals surface area contributed by atoms with Gasteiger partial charge in [-0.05, 0) is 42.3 Å². The highest BCUT2D eigenvalue weighted by molar-refractivity contribution is 7.99. The van der Waals surface area contributed by atoms with Crippen molar-refractivity contribution < 1.29 is 4.79 Å². The first-order valence-corrected chi connectivity index (χ1v) is 13.1. The van der Waals surface area contributed by atoms with E-state index < -0.39 is 0 Å². The Bertz CT molecular complexity index is 1520. The molecule has 0 aliphatic heterocycles. The van der Waals surface area contributed by atoms with Gasteiger partial charge in [0, 0.05) is 13.1 Å². The molecule has 4 aromatic carbocycles. The van der Waals surface area contributed by atoms with E-state index in [0.717, 1.165) is 22.4 Å². The van der Waals surface area contributed by atoms with Crippen LogP contribution in [0.2, 0.25) is 0 Å². The summed E-state index contributed by atoms with van der Waals surface area (Å²) in [4.78, 5) is 33.7. The van der Waals surface area contributed by atoms with Gasteiger partial charge in [0.15, 0.2) is 5.16 Å². The molecule has 184 valence electrons. The molecule has 6 heteroatoms. The number of aryl methyl sites for hydroxylation is 1. The predicted molar refractivity (Wildman–Crippen MR) is 150 cm³/mol. The first-order valence-electron chi connectivity index (χ1n) is 12.2. The maximum absolute atomic E-state index is 13.6. The summed E-state index contributed by atoms with van der Waals surface area (Å²) in [7, 11) is 0. The van der Waals surface area contributed by atoms with Gasteiger partial charge >= 0.3 is 0 Å². The van der Waals surface area contributed by atoms with Crippen LogP contribution < -0.4 is 5.56 Å². The molecule has 1 aromatic heterocycles. The minimum absolute atomic E-state index is 0.0180. The molecule has 0 N–H and O–H groups in total. The molecule has 37 heavy (non-hydrogen) atoms. The van der Waals surface area contributed by atoms with Crippen molar-refractivity contribution in [1.82, 2.24) is 14.5 Å². The monoisotopic (exact) mass is 505 g/mol. The highest BCUT2D eigenvalue weighted by Gasteiger charge is 2.19. The molecule has 1 heterocycles. The number of aromatic nitrogens is 2. The van der Waals surface area contributed by atoms with Crippen LogP contribution in [0.25, 0.3) is 16.6 Å². The van der Waals surface area contributed by atoms with Crippen molar-refractivity contribution in [3.63, 3.8) is 0 Å². The topological polar surface area (TPSA) is 55.2 Å². The Kier molecular flexibility index (Phi) is 7.47. The zero-order valence-electron chi connectivity index (χ0n) is 20.6. The predicted octanol–water partition coefficient (Wildman–Crippen LogP) is 6.02. The van der Waals surface area contributed by atoms with Gasteiger partial charge in [0.2, 0.25) is 5.91 Å². The second-order valence-electron chi connectivity index (χ2n) is 8.90. The minimum Gasteiger partial charge on any atom is -0.333 e. The lowest BCUT2D eigenvalue weighted by atomic mass is 10.1. The smallest absolute Gasteiger partial charge is 0.266 e. The van der Waals surface area contributed by atoms with Gasteiger partial charge in [0.05, 0.1) is 22.3 Å². The maximum Gasteiger partial charge on any atom is 0.266 e. The number of fused-ring (bicyclic) bond motifs is 1. The second-order valence-corrected chi connectivity index (χ2v) is 9.84. The fourth-order valence-corrected chi connectivity index (χ4v) is 5.10. The SMILES string of the molecule is Cc1ccc(-n2c(SCC(=O)N(Cc3ccccc3)Cc3ccccc3)nc3ccccc3c2=O)cc1. The van der Waals surface area contributed by atoms with Crippen LogP contribution in [-0.4, -0.2) is 26.1 Å². The lowest BCUT2D eigenvalue weighted by Gasteiger charge is -2.23. The highest BCUT2D eigenvalue weighted by atomic mass is 32.2. The Hall–Kier alpha value is -4.16. The van der Waals surface area contributed by atoms with Gasteiger partial charge in [-0.3, -0.25) is 14.2 Å². The molecule has 0 aliphatic carbocycles. The first-order chi connectivity index (χ1) is 18.1. The largest absolute Gasteiger partial charge is 0.333 e. The second kappa shape index (κ2) is 11.3. The molecular weight excluding hydrogens is 478 g/mol. The summed E-state index contributed by atoms with van der Waals surface area (Å²) >= 11 is 1.29. The summed E-state index contributed by atoms with van der Waals surface area (Å²) in [6.07, 6.45) is 0. The summed E-state index contributed by atoms with van der Waals surface area (Å²) < 4.78 is 1.61. The van der Waals surface area contributed by atoms with Gasteiger partial charge < -0.3 is 4.90 Å². The molecular formula is C31H27N3O2S. The molecule has 0 saturated heterocycles. The number of para-hydroxylation sites is 1. The highest BCUT2D eigenvalue weighted by Crippen LogP contribution is 2.23. The summed E-state index contributed by atoms with van der Waals surface area (Å²) in [5, 5.41) is 1.05. The Morgan fingerprint density at radius 2 is 1.35 bits per heavy atom. The van der Waals surface area contributed by atoms with Crippen molar-refractivity contribution >= 4 is 28.6 Å². The lowest BCUT2D eigenvalue weighted by molar-refractivity contribution is -0.129. The van der Waals surface area contributed by atoms with Crippen LogP contribution in [0.3, 0.4) is 0 Å². The number of rotatable bonds is 8. The van der Waals surface area contributed by atoms with Crippen molar-refractivity contribution in [3.8, 4) is 5.69 Å². The number of benzene rings is 4. The maximum atomic E-state index is 13.6. The molecule has 1 amide bonds. The van der Waals surface area contributed by atoms with Crippen LogP contribution in [0.15, 0.2) is 119 Å².